The molecule has 0 aromatic heterocycles. The van der Waals surface area contributed by atoms with Crippen molar-refractivity contribution in [2.24, 2.45) is 0 Å². The summed E-state index contributed by atoms with van der Waals surface area (Å²) in [5.41, 5.74) is 0. The standard InChI is InChI=1S/C15H31N3O/c1-12(2)18(13(3)4)10-9-16-15(19)11-17-14-7-5-6-8-14/h12-14,17H,5-11H2,1-4H3,(H,16,19). The number of carbonyl (C=O) groups excluding carboxylic acids is 1. The summed E-state index contributed by atoms with van der Waals surface area (Å²) in [5, 5.41) is 6.34. The highest BCUT2D eigenvalue weighted by atomic mass is 16.1. The first kappa shape index (κ1) is 16.4. The van der Waals surface area contributed by atoms with Crippen LogP contribution in [0.4, 0.5) is 0 Å². The van der Waals surface area contributed by atoms with E-state index in [-0.39, 0.29) is 5.91 Å². The molecule has 0 aromatic rings. The summed E-state index contributed by atoms with van der Waals surface area (Å²) in [4.78, 5) is 14.1. The number of carbonyl (C=O) groups is 1. The van der Waals surface area contributed by atoms with Gasteiger partial charge in [0.2, 0.25) is 5.91 Å². The summed E-state index contributed by atoms with van der Waals surface area (Å²) >= 11 is 0. The molecule has 1 amide bonds. The van der Waals surface area contributed by atoms with Gasteiger partial charge in [-0.3, -0.25) is 9.69 Å². The lowest BCUT2D eigenvalue weighted by Gasteiger charge is -2.30. The Morgan fingerprint density at radius 2 is 1.74 bits per heavy atom. The molecule has 1 saturated carbocycles. The van der Waals surface area contributed by atoms with Gasteiger partial charge in [0.25, 0.3) is 0 Å². The first-order valence-corrected chi connectivity index (χ1v) is 7.76. The average Bonchev–Trinajstić information content (AvgIpc) is 2.84. The van der Waals surface area contributed by atoms with Crippen molar-refractivity contribution in [2.75, 3.05) is 19.6 Å². The predicted molar refractivity (Wildman–Crippen MR) is 80.2 cm³/mol. The monoisotopic (exact) mass is 269 g/mol. The van der Waals surface area contributed by atoms with Crippen molar-refractivity contribution < 1.29 is 4.79 Å². The first-order valence-electron chi connectivity index (χ1n) is 7.76. The number of rotatable bonds is 8. The van der Waals surface area contributed by atoms with Gasteiger partial charge in [0, 0.05) is 31.2 Å². The Morgan fingerprint density at radius 1 is 1.16 bits per heavy atom. The van der Waals surface area contributed by atoms with Gasteiger partial charge in [-0.1, -0.05) is 12.8 Å². The largest absolute Gasteiger partial charge is 0.354 e. The lowest BCUT2D eigenvalue weighted by Crippen LogP contribution is -2.44. The smallest absolute Gasteiger partial charge is 0.234 e. The summed E-state index contributed by atoms with van der Waals surface area (Å²) in [6, 6.07) is 1.61. The Kier molecular flexibility index (Phi) is 7.39. The van der Waals surface area contributed by atoms with Crippen LogP contribution in [0.5, 0.6) is 0 Å². The molecule has 2 N–H and O–H groups in total. The van der Waals surface area contributed by atoms with Crippen molar-refractivity contribution in [3.8, 4) is 0 Å². The van der Waals surface area contributed by atoms with Crippen LogP contribution in [0.2, 0.25) is 0 Å². The van der Waals surface area contributed by atoms with E-state index < -0.39 is 0 Å². The van der Waals surface area contributed by atoms with Gasteiger partial charge in [-0.2, -0.15) is 0 Å². The van der Waals surface area contributed by atoms with Crippen LogP contribution in [0.15, 0.2) is 0 Å². The van der Waals surface area contributed by atoms with Crippen molar-refractivity contribution in [3.05, 3.63) is 0 Å². The number of nitrogens with zero attached hydrogens (tertiary/aromatic N) is 1. The Morgan fingerprint density at radius 3 is 2.26 bits per heavy atom. The highest BCUT2D eigenvalue weighted by molar-refractivity contribution is 5.77. The fourth-order valence-corrected chi connectivity index (χ4v) is 2.87. The van der Waals surface area contributed by atoms with Gasteiger partial charge in [-0.05, 0) is 40.5 Å². The predicted octanol–water partition coefficient (Wildman–Crippen LogP) is 1.75. The highest BCUT2D eigenvalue weighted by Gasteiger charge is 2.16. The Labute approximate surface area is 118 Å². The third-order valence-electron chi connectivity index (χ3n) is 3.93. The first-order chi connectivity index (χ1) is 9.00. The number of nitrogens with one attached hydrogen (secondary N) is 2. The van der Waals surface area contributed by atoms with Gasteiger partial charge in [-0.15, -0.1) is 0 Å². The van der Waals surface area contributed by atoms with Gasteiger partial charge in [-0.25, -0.2) is 0 Å². The van der Waals surface area contributed by atoms with Gasteiger partial charge < -0.3 is 10.6 Å². The van der Waals surface area contributed by atoms with E-state index in [2.05, 4.69) is 43.2 Å². The second kappa shape index (κ2) is 8.54. The van der Waals surface area contributed by atoms with E-state index in [9.17, 15) is 4.79 Å². The third-order valence-corrected chi connectivity index (χ3v) is 3.93. The van der Waals surface area contributed by atoms with E-state index in [1.807, 2.05) is 0 Å². The van der Waals surface area contributed by atoms with Gasteiger partial charge >= 0.3 is 0 Å². The fraction of sp³-hybridized carbons (Fsp3) is 0.933. The van der Waals surface area contributed by atoms with Crippen molar-refractivity contribution >= 4 is 5.91 Å². The molecule has 4 nitrogen and oxygen atoms in total. The van der Waals surface area contributed by atoms with E-state index in [1.54, 1.807) is 0 Å². The second-order valence-electron chi connectivity index (χ2n) is 6.14. The fourth-order valence-electron chi connectivity index (χ4n) is 2.87. The molecule has 0 saturated heterocycles. The molecular formula is C15H31N3O. The van der Waals surface area contributed by atoms with E-state index in [0.717, 1.165) is 13.1 Å². The molecule has 0 heterocycles. The maximum absolute atomic E-state index is 11.7. The summed E-state index contributed by atoms with van der Waals surface area (Å²) < 4.78 is 0. The molecule has 0 radical (unpaired) electrons. The molecule has 0 unspecified atom stereocenters. The van der Waals surface area contributed by atoms with E-state index >= 15 is 0 Å². The summed E-state index contributed by atoms with van der Waals surface area (Å²) in [6.07, 6.45) is 5.05. The van der Waals surface area contributed by atoms with Crippen LogP contribution in [-0.2, 0) is 4.79 Å². The molecule has 112 valence electrons. The van der Waals surface area contributed by atoms with Gasteiger partial charge in [0.05, 0.1) is 6.54 Å². The minimum absolute atomic E-state index is 0.124. The minimum atomic E-state index is 0.124. The van der Waals surface area contributed by atoms with Crippen LogP contribution < -0.4 is 10.6 Å². The maximum atomic E-state index is 11.7. The van der Waals surface area contributed by atoms with Gasteiger partial charge in [0.1, 0.15) is 0 Å². The van der Waals surface area contributed by atoms with Crippen LogP contribution in [0.1, 0.15) is 53.4 Å². The van der Waals surface area contributed by atoms with Crippen molar-refractivity contribution in [3.63, 3.8) is 0 Å². The zero-order valence-corrected chi connectivity index (χ0v) is 13.0. The quantitative estimate of drug-likeness (QED) is 0.705. The summed E-state index contributed by atoms with van der Waals surface area (Å²) in [7, 11) is 0. The molecular weight excluding hydrogens is 238 g/mol. The van der Waals surface area contributed by atoms with Crippen molar-refractivity contribution in [2.45, 2.75) is 71.5 Å². The molecule has 0 aromatic carbocycles. The van der Waals surface area contributed by atoms with Crippen LogP contribution in [0, 0.1) is 0 Å². The summed E-state index contributed by atoms with van der Waals surface area (Å²) in [6.45, 7) is 10.9. The Hall–Kier alpha value is -0.610. The molecule has 0 spiro atoms. The lowest BCUT2D eigenvalue weighted by molar-refractivity contribution is -0.120. The highest BCUT2D eigenvalue weighted by Crippen LogP contribution is 2.17. The zero-order chi connectivity index (χ0) is 14.3. The second-order valence-corrected chi connectivity index (χ2v) is 6.14. The topological polar surface area (TPSA) is 44.4 Å². The van der Waals surface area contributed by atoms with Crippen LogP contribution in [-0.4, -0.2) is 48.6 Å². The molecule has 4 heteroatoms. The molecule has 1 fully saturated rings. The van der Waals surface area contributed by atoms with Crippen molar-refractivity contribution in [1.29, 1.82) is 0 Å². The summed E-state index contributed by atoms with van der Waals surface area (Å²) in [5.74, 6) is 0.124. The Balaban J connectivity index is 2.11. The maximum Gasteiger partial charge on any atom is 0.234 e. The molecule has 0 bridgehead atoms. The van der Waals surface area contributed by atoms with Crippen LogP contribution >= 0.6 is 0 Å². The van der Waals surface area contributed by atoms with Gasteiger partial charge in [0.15, 0.2) is 0 Å². The zero-order valence-electron chi connectivity index (χ0n) is 13.0. The molecule has 19 heavy (non-hydrogen) atoms. The SMILES string of the molecule is CC(C)N(CCNC(=O)CNC1CCCC1)C(C)C. The van der Waals surface area contributed by atoms with E-state index in [1.165, 1.54) is 25.7 Å². The van der Waals surface area contributed by atoms with Crippen LogP contribution in [0.3, 0.4) is 0 Å². The van der Waals surface area contributed by atoms with Crippen LogP contribution in [0.25, 0.3) is 0 Å². The minimum Gasteiger partial charge on any atom is -0.354 e. The normalized spacial score (nSPS) is 16.8. The molecule has 0 aliphatic heterocycles. The number of amides is 1. The number of hydrogen-bond donors (Lipinski definition) is 2. The molecule has 1 aliphatic rings. The molecule has 1 aliphatic carbocycles. The number of hydrogen-bond acceptors (Lipinski definition) is 3. The molecule has 0 atom stereocenters. The third kappa shape index (κ3) is 6.39. The Bertz CT molecular complexity index is 252. The average molecular weight is 269 g/mol. The van der Waals surface area contributed by atoms with Crippen molar-refractivity contribution in [1.82, 2.24) is 15.5 Å². The molecule has 1 rings (SSSR count). The van der Waals surface area contributed by atoms with E-state index in [4.69, 9.17) is 0 Å². The lowest BCUT2D eigenvalue weighted by atomic mass is 10.2. The van der Waals surface area contributed by atoms with E-state index in [0.29, 0.717) is 24.7 Å².